The van der Waals surface area contributed by atoms with E-state index in [2.05, 4.69) is 0 Å². The minimum Gasteiger partial charge on any atom is -0.384 e. The molecule has 0 heterocycles. The van der Waals surface area contributed by atoms with Gasteiger partial charge in [0.2, 0.25) is 0 Å². The summed E-state index contributed by atoms with van der Waals surface area (Å²) in [7, 11) is 0. The van der Waals surface area contributed by atoms with Gasteiger partial charge in [-0.15, -0.1) is 0 Å². The summed E-state index contributed by atoms with van der Waals surface area (Å²) in [5.74, 6) is -0.541. The molecule has 2 rings (SSSR count). The molecule has 0 aliphatic rings. The first-order valence-corrected chi connectivity index (χ1v) is 6.33. The highest BCUT2D eigenvalue weighted by Crippen LogP contribution is 2.31. The third kappa shape index (κ3) is 3.03. The Hall–Kier alpha value is -1.52. The number of nitrogens with two attached hydrogens (primary N) is 1. The summed E-state index contributed by atoms with van der Waals surface area (Å²) in [5, 5.41) is 7.85. The van der Waals surface area contributed by atoms with E-state index >= 15 is 0 Å². The summed E-state index contributed by atoms with van der Waals surface area (Å²) in [6, 6.07) is 11.7. The van der Waals surface area contributed by atoms with Gasteiger partial charge in [-0.25, -0.2) is 4.39 Å². The largest absolute Gasteiger partial charge is 0.384 e. The lowest BCUT2D eigenvalue weighted by atomic mass is 10.2. The molecule has 0 aliphatic heterocycles. The molecule has 0 unspecified atom stereocenters. The van der Waals surface area contributed by atoms with E-state index < -0.39 is 5.82 Å². The number of nitrogens with one attached hydrogen (secondary N) is 1. The van der Waals surface area contributed by atoms with Crippen molar-refractivity contribution in [1.82, 2.24) is 0 Å². The summed E-state index contributed by atoms with van der Waals surface area (Å²) < 4.78 is 13.8. The van der Waals surface area contributed by atoms with Gasteiger partial charge in [0.1, 0.15) is 11.7 Å². The number of rotatable bonds is 3. The van der Waals surface area contributed by atoms with E-state index in [1.54, 1.807) is 24.3 Å². The van der Waals surface area contributed by atoms with Crippen molar-refractivity contribution in [3.05, 3.63) is 58.9 Å². The van der Waals surface area contributed by atoms with Crippen LogP contribution in [0.1, 0.15) is 5.56 Å². The average Bonchev–Trinajstić information content (AvgIpc) is 2.31. The van der Waals surface area contributed by atoms with Gasteiger partial charge in [-0.2, -0.15) is 0 Å². The summed E-state index contributed by atoms with van der Waals surface area (Å²) in [4.78, 5) is 1.33. The van der Waals surface area contributed by atoms with Crippen LogP contribution in [0.15, 0.2) is 52.3 Å². The van der Waals surface area contributed by atoms with Crippen molar-refractivity contribution in [2.45, 2.75) is 9.79 Å². The van der Waals surface area contributed by atoms with Crippen molar-refractivity contribution < 1.29 is 4.39 Å². The second-order valence-corrected chi connectivity index (χ2v) is 5.17. The minimum atomic E-state index is -0.396. The molecule has 0 bridgehead atoms. The lowest BCUT2D eigenvalue weighted by molar-refractivity contribution is 0.601. The van der Waals surface area contributed by atoms with Gasteiger partial charge in [0.05, 0.1) is 0 Å². The molecule has 0 spiro atoms. The van der Waals surface area contributed by atoms with Crippen molar-refractivity contribution in [2.24, 2.45) is 5.73 Å². The molecule has 0 aliphatic carbocycles. The molecule has 92 valence electrons. The van der Waals surface area contributed by atoms with Crippen molar-refractivity contribution in [3.63, 3.8) is 0 Å². The average molecular weight is 281 g/mol. The van der Waals surface area contributed by atoms with Gasteiger partial charge < -0.3 is 5.73 Å². The number of benzene rings is 2. The number of halogens is 2. The van der Waals surface area contributed by atoms with E-state index in [1.807, 2.05) is 12.1 Å². The molecule has 2 aromatic rings. The van der Waals surface area contributed by atoms with E-state index in [4.69, 9.17) is 22.7 Å². The summed E-state index contributed by atoms with van der Waals surface area (Å²) in [5.41, 5.74) is 5.68. The van der Waals surface area contributed by atoms with Gasteiger partial charge in [-0.05, 0) is 36.4 Å². The maximum absolute atomic E-state index is 13.8. The van der Waals surface area contributed by atoms with Crippen LogP contribution < -0.4 is 5.73 Å². The molecule has 5 heteroatoms. The standard InChI is InChI=1S/C13H10ClFN2S/c14-9-2-1-3-10(7-9)18-12-5-4-8(13(16)17)6-11(12)15/h1-7H,(H3,16,17). The van der Waals surface area contributed by atoms with E-state index in [1.165, 1.54) is 17.8 Å². The van der Waals surface area contributed by atoms with E-state index in [9.17, 15) is 4.39 Å². The van der Waals surface area contributed by atoms with E-state index in [0.29, 0.717) is 15.5 Å². The van der Waals surface area contributed by atoms with Crippen molar-refractivity contribution in [1.29, 1.82) is 5.41 Å². The third-order valence-electron chi connectivity index (χ3n) is 2.27. The van der Waals surface area contributed by atoms with Crippen LogP contribution in [-0.2, 0) is 0 Å². The maximum Gasteiger partial charge on any atom is 0.137 e. The van der Waals surface area contributed by atoms with Gasteiger partial charge in [-0.3, -0.25) is 5.41 Å². The molecule has 0 saturated carbocycles. The van der Waals surface area contributed by atoms with Crippen LogP contribution in [0.2, 0.25) is 5.02 Å². The Morgan fingerprint density at radius 2 is 2.00 bits per heavy atom. The molecular weight excluding hydrogens is 271 g/mol. The molecule has 0 amide bonds. The normalized spacial score (nSPS) is 10.3. The Bertz CT molecular complexity index is 601. The highest BCUT2D eigenvalue weighted by Gasteiger charge is 2.07. The second kappa shape index (κ2) is 5.42. The third-order valence-corrected chi connectivity index (χ3v) is 3.54. The van der Waals surface area contributed by atoms with Crippen molar-refractivity contribution in [2.75, 3.05) is 0 Å². The minimum absolute atomic E-state index is 0.145. The van der Waals surface area contributed by atoms with Crippen molar-refractivity contribution >= 4 is 29.2 Å². The zero-order valence-corrected chi connectivity index (χ0v) is 10.9. The van der Waals surface area contributed by atoms with Crippen LogP contribution in [0.3, 0.4) is 0 Å². The highest BCUT2D eigenvalue weighted by atomic mass is 35.5. The molecule has 0 saturated heterocycles. The molecule has 0 atom stereocenters. The topological polar surface area (TPSA) is 49.9 Å². The van der Waals surface area contributed by atoms with Gasteiger partial charge in [0.15, 0.2) is 0 Å². The fraction of sp³-hybridized carbons (Fsp3) is 0. The fourth-order valence-corrected chi connectivity index (χ4v) is 2.54. The molecule has 2 aromatic carbocycles. The summed E-state index contributed by atoms with van der Waals surface area (Å²) >= 11 is 7.14. The SMILES string of the molecule is N=C(N)c1ccc(Sc2cccc(Cl)c2)c(F)c1. The summed E-state index contributed by atoms with van der Waals surface area (Å²) in [6.07, 6.45) is 0. The van der Waals surface area contributed by atoms with Crippen LogP contribution in [-0.4, -0.2) is 5.84 Å². The Morgan fingerprint density at radius 3 is 2.61 bits per heavy atom. The molecule has 0 radical (unpaired) electrons. The monoisotopic (exact) mass is 280 g/mol. The molecule has 2 nitrogen and oxygen atoms in total. The van der Waals surface area contributed by atoms with Crippen LogP contribution in [0, 0.1) is 11.2 Å². The Kier molecular flexibility index (Phi) is 3.89. The number of hydrogen-bond donors (Lipinski definition) is 2. The lowest BCUT2D eigenvalue weighted by Crippen LogP contribution is -2.11. The smallest absolute Gasteiger partial charge is 0.137 e. The van der Waals surface area contributed by atoms with Gasteiger partial charge in [-0.1, -0.05) is 29.4 Å². The molecule has 18 heavy (non-hydrogen) atoms. The predicted molar refractivity (Wildman–Crippen MR) is 73.0 cm³/mol. The first-order valence-electron chi connectivity index (χ1n) is 5.13. The Labute approximate surface area is 113 Å². The van der Waals surface area contributed by atoms with Gasteiger partial charge in [0, 0.05) is 20.4 Å². The first-order chi connectivity index (χ1) is 8.56. The second-order valence-electron chi connectivity index (χ2n) is 3.62. The molecular formula is C13H10ClFN2S. The number of hydrogen-bond acceptors (Lipinski definition) is 2. The molecule has 0 aromatic heterocycles. The first kappa shape index (κ1) is 12.9. The lowest BCUT2D eigenvalue weighted by Gasteiger charge is -2.05. The van der Waals surface area contributed by atoms with Gasteiger partial charge in [0.25, 0.3) is 0 Å². The van der Waals surface area contributed by atoms with Crippen LogP contribution in [0.5, 0.6) is 0 Å². The predicted octanol–water partition coefficient (Wildman–Crippen LogP) is 3.91. The van der Waals surface area contributed by atoms with E-state index in [-0.39, 0.29) is 5.84 Å². The molecule has 3 N–H and O–H groups in total. The van der Waals surface area contributed by atoms with Crippen LogP contribution in [0.4, 0.5) is 4.39 Å². The summed E-state index contributed by atoms with van der Waals surface area (Å²) in [6.45, 7) is 0. The quantitative estimate of drug-likeness (QED) is 0.661. The zero-order chi connectivity index (χ0) is 13.1. The zero-order valence-electron chi connectivity index (χ0n) is 9.28. The van der Waals surface area contributed by atoms with Crippen molar-refractivity contribution in [3.8, 4) is 0 Å². The van der Waals surface area contributed by atoms with Crippen LogP contribution >= 0.6 is 23.4 Å². The van der Waals surface area contributed by atoms with E-state index in [0.717, 1.165) is 4.90 Å². The number of nitrogen functional groups attached to an aromatic ring is 1. The fourth-order valence-electron chi connectivity index (χ4n) is 1.41. The molecule has 0 fully saturated rings. The highest BCUT2D eigenvalue weighted by molar-refractivity contribution is 7.99. The number of amidine groups is 1. The Morgan fingerprint density at radius 1 is 1.22 bits per heavy atom. The van der Waals surface area contributed by atoms with Gasteiger partial charge >= 0.3 is 0 Å². The maximum atomic E-state index is 13.8. The van der Waals surface area contributed by atoms with Crippen LogP contribution in [0.25, 0.3) is 0 Å². The Balaban J connectivity index is 2.27.